The lowest BCUT2D eigenvalue weighted by atomic mass is 10.0. The zero-order valence-electron chi connectivity index (χ0n) is 16.2. The van der Waals surface area contributed by atoms with Crippen molar-refractivity contribution in [2.24, 2.45) is 0 Å². The monoisotopic (exact) mass is 501 g/mol. The van der Waals surface area contributed by atoms with Gasteiger partial charge in [-0.3, -0.25) is 0 Å². The van der Waals surface area contributed by atoms with Gasteiger partial charge in [-0.05, 0) is 42.8 Å². The lowest BCUT2D eigenvalue weighted by molar-refractivity contribution is -0.137. The molecule has 32 heavy (non-hydrogen) atoms. The Morgan fingerprint density at radius 2 is 1.59 bits per heavy atom. The highest BCUT2D eigenvalue weighted by Crippen LogP contribution is 2.39. The van der Waals surface area contributed by atoms with Crippen molar-refractivity contribution in [1.29, 1.82) is 0 Å². The Kier molecular flexibility index (Phi) is 5.61. The number of hydrogen-bond donors (Lipinski definition) is 0. The molecule has 0 saturated carbocycles. The summed E-state index contributed by atoms with van der Waals surface area (Å²) in [6, 6.07) is 3.20. The van der Waals surface area contributed by atoms with Crippen molar-refractivity contribution in [2.45, 2.75) is 35.3 Å². The van der Waals surface area contributed by atoms with E-state index in [2.05, 4.69) is 4.98 Å². The number of alkyl halides is 6. The van der Waals surface area contributed by atoms with Gasteiger partial charge in [0, 0.05) is 0 Å². The van der Waals surface area contributed by atoms with E-state index in [0.717, 1.165) is 6.07 Å². The summed E-state index contributed by atoms with van der Waals surface area (Å²) < 4.78 is 132. The molecule has 1 aromatic heterocycles. The molecule has 2 aromatic carbocycles. The Hall–Kier alpha value is -2.61. The first kappa shape index (κ1) is 24.0. The number of aryl methyl sites for hydroxylation is 1. The van der Waals surface area contributed by atoms with Crippen LogP contribution in [-0.4, -0.2) is 33.1 Å². The lowest BCUT2D eigenvalue weighted by Crippen LogP contribution is -2.23. The molecule has 0 amide bonds. The summed E-state index contributed by atoms with van der Waals surface area (Å²) in [5.41, 5.74) is -7.82. The Morgan fingerprint density at radius 3 is 2.12 bits per heavy atom. The predicted octanol–water partition coefficient (Wildman–Crippen LogP) is 4.91. The van der Waals surface area contributed by atoms with Gasteiger partial charge in [0.25, 0.3) is 9.84 Å². The summed E-state index contributed by atoms with van der Waals surface area (Å²) in [5, 5.41) is 0. The molecule has 0 radical (unpaired) electrons. The van der Waals surface area contributed by atoms with Crippen LogP contribution in [0, 0.1) is 6.92 Å². The summed E-state index contributed by atoms with van der Waals surface area (Å²) in [6.45, 7) is 2.41. The molecule has 0 N–H and O–H groups in total. The van der Waals surface area contributed by atoms with Crippen LogP contribution in [-0.2, 0) is 25.9 Å². The van der Waals surface area contributed by atoms with Crippen LogP contribution in [0.3, 0.4) is 0 Å². The molecule has 3 rings (SSSR count). The standard InChI is InChI=1S/C18H13F6NO5S2/c1-3-31(26,27)14-7-10(17(19,20)21)6-9(2)15(14)16-25-12-8-11(4-5-13(12)30-16)32(28,29)18(22,23)24/h4-8H,3H2,1-2H3. The minimum absolute atomic E-state index is 0.165. The third kappa shape index (κ3) is 4.08. The molecule has 6 nitrogen and oxygen atoms in total. The second kappa shape index (κ2) is 7.47. The third-order valence-electron chi connectivity index (χ3n) is 4.53. The highest BCUT2D eigenvalue weighted by atomic mass is 32.2. The van der Waals surface area contributed by atoms with Gasteiger partial charge in [-0.15, -0.1) is 0 Å². The van der Waals surface area contributed by atoms with E-state index in [4.69, 9.17) is 4.42 Å². The number of hydrogen-bond acceptors (Lipinski definition) is 6. The molecule has 0 aliphatic carbocycles. The Bertz CT molecular complexity index is 1420. The summed E-state index contributed by atoms with van der Waals surface area (Å²) in [5.74, 6) is -1.03. The van der Waals surface area contributed by atoms with Crippen LogP contribution in [0.2, 0.25) is 0 Å². The van der Waals surface area contributed by atoms with Gasteiger partial charge in [-0.2, -0.15) is 26.3 Å². The van der Waals surface area contributed by atoms with Gasteiger partial charge in [0.2, 0.25) is 5.89 Å². The van der Waals surface area contributed by atoms with Gasteiger partial charge >= 0.3 is 11.7 Å². The van der Waals surface area contributed by atoms with E-state index in [1.54, 1.807) is 0 Å². The molecule has 14 heteroatoms. The number of benzene rings is 2. The number of rotatable bonds is 4. The second-order valence-electron chi connectivity index (χ2n) is 6.67. The van der Waals surface area contributed by atoms with Crippen LogP contribution >= 0.6 is 0 Å². The van der Waals surface area contributed by atoms with Crippen LogP contribution in [0.25, 0.3) is 22.6 Å². The molecule has 1 heterocycles. The highest BCUT2D eigenvalue weighted by molar-refractivity contribution is 7.92. The first-order chi connectivity index (χ1) is 14.5. The third-order valence-corrected chi connectivity index (χ3v) is 7.77. The summed E-state index contributed by atoms with van der Waals surface area (Å²) in [7, 11) is -9.91. The van der Waals surface area contributed by atoms with Crippen molar-refractivity contribution >= 4 is 30.8 Å². The predicted molar refractivity (Wildman–Crippen MR) is 100 cm³/mol. The van der Waals surface area contributed by atoms with Crippen molar-refractivity contribution in [2.75, 3.05) is 5.75 Å². The van der Waals surface area contributed by atoms with Gasteiger partial charge in [0.15, 0.2) is 15.4 Å². The average Bonchev–Trinajstić information content (AvgIpc) is 3.08. The number of fused-ring (bicyclic) bond motifs is 1. The van der Waals surface area contributed by atoms with Crippen LogP contribution < -0.4 is 0 Å². The van der Waals surface area contributed by atoms with Crippen molar-refractivity contribution in [3.63, 3.8) is 0 Å². The molecule has 0 atom stereocenters. The fraction of sp³-hybridized carbons (Fsp3) is 0.278. The van der Waals surface area contributed by atoms with E-state index >= 15 is 0 Å². The zero-order valence-corrected chi connectivity index (χ0v) is 17.8. The maximum Gasteiger partial charge on any atom is 0.501 e. The van der Waals surface area contributed by atoms with E-state index in [1.807, 2.05) is 0 Å². The SMILES string of the molecule is CCS(=O)(=O)c1cc(C(F)(F)F)cc(C)c1-c1nc2cc(S(=O)(=O)C(F)(F)F)ccc2o1. The minimum Gasteiger partial charge on any atom is -0.436 e. The smallest absolute Gasteiger partial charge is 0.436 e. The van der Waals surface area contributed by atoms with Gasteiger partial charge in [0.1, 0.15) is 5.52 Å². The summed E-state index contributed by atoms with van der Waals surface area (Å²) in [6.07, 6.45) is -4.84. The molecule has 0 spiro atoms. The quantitative estimate of drug-likeness (QED) is 0.472. The fourth-order valence-electron chi connectivity index (χ4n) is 2.91. The molecule has 3 aromatic rings. The largest absolute Gasteiger partial charge is 0.501 e. The van der Waals surface area contributed by atoms with E-state index in [0.29, 0.717) is 24.3 Å². The van der Waals surface area contributed by atoms with Gasteiger partial charge < -0.3 is 4.42 Å². The van der Waals surface area contributed by atoms with Crippen LogP contribution in [0.4, 0.5) is 26.3 Å². The van der Waals surface area contributed by atoms with Crippen LogP contribution in [0.1, 0.15) is 18.1 Å². The molecule has 0 bridgehead atoms. The Labute approximate surface area is 177 Å². The first-order valence-corrected chi connectivity index (χ1v) is 11.8. The van der Waals surface area contributed by atoms with Gasteiger partial charge in [-0.1, -0.05) is 6.92 Å². The fourth-order valence-corrected chi connectivity index (χ4v) is 4.87. The number of nitrogens with zero attached hydrogens (tertiary/aromatic N) is 1. The average molecular weight is 501 g/mol. The van der Waals surface area contributed by atoms with Crippen molar-refractivity contribution in [1.82, 2.24) is 4.98 Å². The molecular weight excluding hydrogens is 488 g/mol. The number of oxazole rings is 1. The summed E-state index contributed by atoms with van der Waals surface area (Å²) in [4.78, 5) is 2.01. The molecule has 0 saturated heterocycles. The van der Waals surface area contributed by atoms with E-state index in [1.165, 1.54) is 13.8 Å². The molecule has 174 valence electrons. The minimum atomic E-state index is -5.69. The zero-order chi connectivity index (χ0) is 24.3. The van der Waals surface area contributed by atoms with Crippen LogP contribution in [0.15, 0.2) is 44.5 Å². The Morgan fingerprint density at radius 1 is 0.969 bits per heavy atom. The van der Waals surface area contributed by atoms with Crippen LogP contribution in [0.5, 0.6) is 0 Å². The number of halogens is 6. The van der Waals surface area contributed by atoms with E-state index < -0.39 is 58.4 Å². The van der Waals surface area contributed by atoms with Crippen molar-refractivity contribution in [3.05, 3.63) is 41.5 Å². The van der Waals surface area contributed by atoms with Gasteiger partial charge in [-0.25, -0.2) is 21.8 Å². The summed E-state index contributed by atoms with van der Waals surface area (Å²) >= 11 is 0. The second-order valence-corrected chi connectivity index (χ2v) is 10.9. The number of aromatic nitrogens is 1. The Balaban J connectivity index is 2.29. The van der Waals surface area contributed by atoms with Crippen molar-refractivity contribution < 1.29 is 47.6 Å². The van der Waals surface area contributed by atoms with Crippen molar-refractivity contribution in [3.8, 4) is 11.5 Å². The molecular formula is C18H13F6NO5S2. The highest BCUT2D eigenvalue weighted by Gasteiger charge is 2.47. The molecule has 0 aliphatic heterocycles. The maximum atomic E-state index is 13.2. The lowest BCUT2D eigenvalue weighted by Gasteiger charge is -2.14. The molecule has 0 fully saturated rings. The number of sulfone groups is 2. The molecule has 0 unspecified atom stereocenters. The van der Waals surface area contributed by atoms with Gasteiger partial charge in [0.05, 0.1) is 26.7 Å². The van der Waals surface area contributed by atoms with E-state index in [-0.39, 0.29) is 22.2 Å². The maximum absolute atomic E-state index is 13.2. The first-order valence-electron chi connectivity index (χ1n) is 8.66. The topological polar surface area (TPSA) is 94.3 Å². The van der Waals surface area contributed by atoms with E-state index in [9.17, 15) is 43.2 Å². The normalized spacial score (nSPS) is 13.6. The molecule has 0 aliphatic rings.